The fraction of sp³-hybridized carbons (Fsp3) is 0.421. The van der Waals surface area contributed by atoms with Gasteiger partial charge in [0.05, 0.1) is 0 Å². The molecule has 170 valence electrons. The zero-order valence-corrected chi connectivity index (χ0v) is 16.5. The maximum atomic E-state index is 12.8. The molecule has 0 aliphatic heterocycles. The average Bonchev–Trinajstić information content (AvgIpc) is 2.69. The van der Waals surface area contributed by atoms with Crippen LogP contribution in [0.1, 0.15) is 42.5 Å². The van der Waals surface area contributed by atoms with Crippen molar-refractivity contribution < 1.29 is 43.7 Å². The van der Waals surface area contributed by atoms with Crippen LogP contribution in [0.2, 0.25) is 0 Å². The zero-order chi connectivity index (χ0) is 23.4. The summed E-state index contributed by atoms with van der Waals surface area (Å²) in [5.74, 6) is -4.89. The number of hydrogen-bond acceptors (Lipinski definition) is 5. The Morgan fingerprint density at radius 2 is 1.39 bits per heavy atom. The number of carboxylic acids is 3. The molecule has 1 aromatic rings. The Bertz CT molecular complexity index is 800. The number of aliphatic carboxylic acids is 3. The van der Waals surface area contributed by atoms with Crippen LogP contribution in [-0.4, -0.2) is 63.8 Å². The minimum atomic E-state index is -1.48. The van der Waals surface area contributed by atoms with Gasteiger partial charge in [-0.25, -0.2) is 18.8 Å². The minimum absolute atomic E-state index is 0.0159. The van der Waals surface area contributed by atoms with Crippen LogP contribution in [0.4, 0.5) is 9.18 Å². The number of benzene rings is 1. The van der Waals surface area contributed by atoms with Crippen LogP contribution in [0, 0.1) is 5.82 Å². The van der Waals surface area contributed by atoms with Gasteiger partial charge in [0.1, 0.15) is 17.9 Å². The van der Waals surface area contributed by atoms with Gasteiger partial charge in [-0.1, -0.05) is 0 Å². The van der Waals surface area contributed by atoms with Crippen LogP contribution in [0.3, 0.4) is 0 Å². The lowest BCUT2D eigenvalue weighted by atomic mass is 10.1. The van der Waals surface area contributed by atoms with E-state index in [-0.39, 0.29) is 24.9 Å². The van der Waals surface area contributed by atoms with Gasteiger partial charge in [0.15, 0.2) is 0 Å². The summed E-state index contributed by atoms with van der Waals surface area (Å²) in [6, 6.07) is 1.13. The SMILES string of the molecule is O=C(O)CC[C@H](NC(=O)N[C@@H](CCCCNC(=O)c1ccc([18F])cc1)C(=O)O)C(=O)O. The summed E-state index contributed by atoms with van der Waals surface area (Å²) in [5.41, 5.74) is 0.277. The molecule has 12 heteroatoms. The summed E-state index contributed by atoms with van der Waals surface area (Å²) in [7, 11) is 0. The van der Waals surface area contributed by atoms with E-state index in [0.717, 1.165) is 12.1 Å². The fourth-order valence-electron chi connectivity index (χ4n) is 2.52. The highest BCUT2D eigenvalue weighted by Crippen LogP contribution is 2.05. The first-order valence-electron chi connectivity index (χ1n) is 9.38. The second-order valence-corrected chi connectivity index (χ2v) is 6.59. The van der Waals surface area contributed by atoms with Crippen molar-refractivity contribution in [2.75, 3.05) is 6.54 Å². The molecule has 3 amide bonds. The first kappa shape index (κ1) is 25.3. The van der Waals surface area contributed by atoms with Crippen molar-refractivity contribution in [1.82, 2.24) is 16.0 Å². The van der Waals surface area contributed by atoms with E-state index < -0.39 is 54.2 Å². The Hall–Kier alpha value is -3.70. The van der Waals surface area contributed by atoms with Gasteiger partial charge in [-0.15, -0.1) is 0 Å². The number of halogens is 1. The van der Waals surface area contributed by atoms with E-state index in [1.165, 1.54) is 12.1 Å². The molecular weight excluding hydrogens is 416 g/mol. The van der Waals surface area contributed by atoms with Gasteiger partial charge in [-0.2, -0.15) is 0 Å². The van der Waals surface area contributed by atoms with E-state index in [1.54, 1.807) is 0 Å². The summed E-state index contributed by atoms with van der Waals surface area (Å²) in [4.78, 5) is 56.7. The van der Waals surface area contributed by atoms with Crippen molar-refractivity contribution in [3.05, 3.63) is 35.6 Å². The molecule has 11 nitrogen and oxygen atoms in total. The Labute approximate surface area is 176 Å². The van der Waals surface area contributed by atoms with E-state index in [4.69, 9.17) is 10.2 Å². The minimum Gasteiger partial charge on any atom is -0.481 e. The van der Waals surface area contributed by atoms with Crippen LogP contribution >= 0.6 is 0 Å². The van der Waals surface area contributed by atoms with Crippen molar-refractivity contribution in [2.24, 2.45) is 0 Å². The van der Waals surface area contributed by atoms with Gasteiger partial charge in [-0.3, -0.25) is 9.59 Å². The average molecular weight is 440 g/mol. The molecule has 0 bridgehead atoms. The van der Waals surface area contributed by atoms with Crippen LogP contribution < -0.4 is 16.0 Å². The maximum absolute atomic E-state index is 12.8. The standard InChI is InChI=1S/C19H24FN3O8/c20-12-6-4-11(5-7-12)16(26)21-10-2-1-3-13(17(27)28)22-19(31)23-14(18(29)30)8-9-15(24)25/h4-7,13-14H,1-3,8-10H2,(H,21,26)(H,24,25)(H,27,28)(H,29,30)(H2,22,23,31)/t13-,14-/m0/s1/i20-1. The lowest BCUT2D eigenvalue weighted by Crippen LogP contribution is -2.51. The molecule has 0 unspecified atom stereocenters. The predicted octanol–water partition coefficient (Wildman–Crippen LogP) is 0.796. The highest BCUT2D eigenvalue weighted by Gasteiger charge is 2.24. The lowest BCUT2D eigenvalue weighted by molar-refractivity contribution is -0.140. The number of carboxylic acid groups (broad SMARTS) is 3. The van der Waals surface area contributed by atoms with Gasteiger partial charge < -0.3 is 31.3 Å². The van der Waals surface area contributed by atoms with Crippen molar-refractivity contribution in [2.45, 2.75) is 44.2 Å². The smallest absolute Gasteiger partial charge is 0.326 e. The summed E-state index contributed by atoms with van der Waals surface area (Å²) in [5, 5.41) is 33.6. The molecule has 2 atom stereocenters. The van der Waals surface area contributed by atoms with Gasteiger partial charge in [0, 0.05) is 18.5 Å². The van der Waals surface area contributed by atoms with Crippen molar-refractivity contribution >= 4 is 29.8 Å². The second-order valence-electron chi connectivity index (χ2n) is 6.59. The normalized spacial score (nSPS) is 12.3. The van der Waals surface area contributed by atoms with Crippen molar-refractivity contribution in [3.8, 4) is 0 Å². The first-order valence-corrected chi connectivity index (χ1v) is 9.38. The molecule has 0 aromatic heterocycles. The number of carbonyl (C=O) groups excluding carboxylic acids is 2. The van der Waals surface area contributed by atoms with E-state index >= 15 is 0 Å². The third-order valence-corrected chi connectivity index (χ3v) is 4.17. The fourth-order valence-corrected chi connectivity index (χ4v) is 2.52. The van der Waals surface area contributed by atoms with E-state index in [0.29, 0.717) is 12.8 Å². The van der Waals surface area contributed by atoms with Crippen LogP contribution in [-0.2, 0) is 14.4 Å². The summed E-state index contributed by atoms with van der Waals surface area (Å²) in [6.07, 6.45) is -0.104. The molecule has 0 heterocycles. The summed E-state index contributed by atoms with van der Waals surface area (Å²) in [6.45, 7) is 0.227. The van der Waals surface area contributed by atoms with E-state index in [9.17, 15) is 33.5 Å². The maximum Gasteiger partial charge on any atom is 0.326 e. The molecule has 0 spiro atoms. The molecule has 31 heavy (non-hydrogen) atoms. The van der Waals surface area contributed by atoms with E-state index in [1.807, 2.05) is 5.32 Å². The highest BCUT2D eigenvalue weighted by atomic mass is 18.2. The molecule has 6 N–H and O–H groups in total. The number of rotatable bonds is 13. The topological polar surface area (TPSA) is 182 Å². The van der Waals surface area contributed by atoms with Crippen molar-refractivity contribution in [1.29, 1.82) is 0 Å². The number of nitrogens with one attached hydrogen (secondary N) is 3. The quantitative estimate of drug-likeness (QED) is 0.243. The predicted molar refractivity (Wildman–Crippen MR) is 104 cm³/mol. The Morgan fingerprint density at radius 3 is 1.90 bits per heavy atom. The highest BCUT2D eigenvalue weighted by molar-refractivity contribution is 5.94. The van der Waals surface area contributed by atoms with Gasteiger partial charge in [0.2, 0.25) is 0 Å². The zero-order valence-electron chi connectivity index (χ0n) is 16.5. The number of unbranched alkanes of at least 4 members (excludes halogenated alkanes) is 1. The van der Waals surface area contributed by atoms with Crippen LogP contribution in [0.25, 0.3) is 0 Å². The lowest BCUT2D eigenvalue weighted by Gasteiger charge is -2.18. The van der Waals surface area contributed by atoms with Gasteiger partial charge >= 0.3 is 23.9 Å². The summed E-state index contributed by atoms with van der Waals surface area (Å²) >= 11 is 0. The molecule has 0 saturated carbocycles. The number of carbonyl (C=O) groups is 5. The first-order chi connectivity index (χ1) is 14.6. The Balaban J connectivity index is 2.41. The number of hydrogen-bond donors (Lipinski definition) is 6. The number of urea groups is 1. The molecule has 0 radical (unpaired) electrons. The molecule has 0 aliphatic rings. The van der Waals surface area contributed by atoms with Crippen molar-refractivity contribution in [3.63, 3.8) is 0 Å². The number of amides is 3. The largest absolute Gasteiger partial charge is 0.481 e. The Morgan fingerprint density at radius 1 is 0.839 bits per heavy atom. The molecule has 0 aliphatic carbocycles. The Kier molecular flexibility index (Phi) is 10.4. The molecule has 0 saturated heterocycles. The second kappa shape index (κ2) is 12.8. The third kappa shape index (κ3) is 10.1. The van der Waals surface area contributed by atoms with Crippen LogP contribution in [0.5, 0.6) is 0 Å². The van der Waals surface area contributed by atoms with Crippen LogP contribution in [0.15, 0.2) is 24.3 Å². The molecule has 0 fully saturated rings. The molecule has 1 aromatic carbocycles. The molecule has 1 rings (SSSR count). The monoisotopic (exact) mass is 440 g/mol. The summed E-state index contributed by atoms with van der Waals surface area (Å²) < 4.78 is 12.8. The van der Waals surface area contributed by atoms with Gasteiger partial charge in [0.25, 0.3) is 5.91 Å². The van der Waals surface area contributed by atoms with Gasteiger partial charge in [-0.05, 0) is 49.9 Å². The van der Waals surface area contributed by atoms with E-state index in [2.05, 4.69) is 10.6 Å². The third-order valence-electron chi connectivity index (χ3n) is 4.17. The molecular formula is C19H24FN3O8.